The van der Waals surface area contributed by atoms with Crippen LogP contribution in [0.1, 0.15) is 181 Å². The van der Waals surface area contributed by atoms with Crippen molar-refractivity contribution >= 4 is 5.97 Å². The van der Waals surface area contributed by atoms with Crippen molar-refractivity contribution in [2.24, 2.45) is 0 Å². The van der Waals surface area contributed by atoms with E-state index in [0.29, 0.717) is 13.0 Å². The SMILES string of the molecule is CC/C=C\C/C=C\C/C=C\C/C=C\CCC(=O)OC(COCCCCCCCCCCCC/C=C\CCCCCCCCCC)COC1OC(COC2OC(CO)C(O)C(O)C2O)C(O)C(O)C1O. The van der Waals surface area contributed by atoms with Crippen molar-refractivity contribution in [2.75, 3.05) is 33.0 Å². The zero-order chi connectivity index (χ0) is 50.2. The highest BCUT2D eigenvalue weighted by Gasteiger charge is 2.47. The number of aliphatic hydroxyl groups excluding tert-OH is 7. The monoisotopic (exact) mass is 981 g/mol. The Labute approximate surface area is 415 Å². The number of ether oxygens (including phenoxy) is 6. The summed E-state index contributed by atoms with van der Waals surface area (Å²) in [6.07, 6.45) is 34.5. The first-order valence-corrected chi connectivity index (χ1v) is 26.9. The number of unbranched alkanes of at least 4 members (excludes halogenated alkanes) is 18. The molecule has 0 aromatic carbocycles. The van der Waals surface area contributed by atoms with Crippen LogP contribution >= 0.6 is 0 Å². The zero-order valence-electron chi connectivity index (χ0n) is 42.5. The van der Waals surface area contributed by atoms with Crippen LogP contribution in [0.5, 0.6) is 0 Å². The second-order valence-electron chi connectivity index (χ2n) is 18.7. The molecule has 7 N–H and O–H groups in total. The van der Waals surface area contributed by atoms with E-state index in [-0.39, 0.29) is 19.6 Å². The van der Waals surface area contributed by atoms with Crippen LogP contribution in [0.25, 0.3) is 0 Å². The van der Waals surface area contributed by atoms with Gasteiger partial charge in [0.15, 0.2) is 12.6 Å². The molecule has 0 saturated carbocycles. The molecule has 0 spiro atoms. The second-order valence-corrected chi connectivity index (χ2v) is 18.7. The lowest BCUT2D eigenvalue weighted by Gasteiger charge is -2.42. The predicted molar refractivity (Wildman–Crippen MR) is 270 cm³/mol. The van der Waals surface area contributed by atoms with Gasteiger partial charge in [0.25, 0.3) is 0 Å². The molecule has 2 aliphatic rings. The largest absolute Gasteiger partial charge is 0.457 e. The summed E-state index contributed by atoms with van der Waals surface area (Å²) in [7, 11) is 0. The maximum atomic E-state index is 13.0. The van der Waals surface area contributed by atoms with E-state index >= 15 is 0 Å². The minimum absolute atomic E-state index is 0.0302. The van der Waals surface area contributed by atoms with E-state index in [9.17, 15) is 40.5 Å². The van der Waals surface area contributed by atoms with Gasteiger partial charge < -0.3 is 64.2 Å². The van der Waals surface area contributed by atoms with Crippen molar-refractivity contribution in [2.45, 2.75) is 248 Å². The van der Waals surface area contributed by atoms with E-state index in [1.54, 1.807) is 0 Å². The Bertz CT molecular complexity index is 1370. The summed E-state index contributed by atoms with van der Waals surface area (Å²) in [6.45, 7) is 3.47. The van der Waals surface area contributed by atoms with E-state index in [1.807, 2.05) is 12.2 Å². The second kappa shape index (κ2) is 42.2. The molecule has 11 atom stereocenters. The molecule has 400 valence electrons. The highest BCUT2D eigenvalue weighted by Crippen LogP contribution is 2.26. The van der Waals surface area contributed by atoms with E-state index in [2.05, 4.69) is 62.5 Å². The first kappa shape index (κ1) is 62.8. The number of rotatable bonds is 42. The maximum Gasteiger partial charge on any atom is 0.306 e. The van der Waals surface area contributed by atoms with Crippen LogP contribution in [-0.2, 0) is 33.2 Å². The average molecular weight is 981 g/mol. The number of carbonyl (C=O) groups excluding carboxylic acids is 1. The Hall–Kier alpha value is -2.31. The van der Waals surface area contributed by atoms with Crippen LogP contribution in [-0.4, -0.2) is 142 Å². The topological polar surface area (TPSA) is 214 Å². The summed E-state index contributed by atoms with van der Waals surface area (Å²) in [5, 5.41) is 72.1. The number of aliphatic hydroxyl groups is 7. The fourth-order valence-corrected chi connectivity index (χ4v) is 8.18. The molecule has 11 unspecified atom stereocenters. The summed E-state index contributed by atoms with van der Waals surface area (Å²) in [5.41, 5.74) is 0. The summed E-state index contributed by atoms with van der Waals surface area (Å²) in [4.78, 5) is 13.0. The molecule has 2 aliphatic heterocycles. The Morgan fingerprint density at radius 1 is 0.493 bits per heavy atom. The molecule has 0 aromatic heterocycles. The van der Waals surface area contributed by atoms with Gasteiger partial charge in [-0.2, -0.15) is 0 Å². The van der Waals surface area contributed by atoms with Gasteiger partial charge in [-0.05, 0) is 64.2 Å². The third kappa shape index (κ3) is 29.7. The molecular formula is C55H96O14. The van der Waals surface area contributed by atoms with Crippen molar-refractivity contribution in [3.05, 3.63) is 60.8 Å². The van der Waals surface area contributed by atoms with E-state index in [4.69, 9.17) is 28.4 Å². The van der Waals surface area contributed by atoms with Gasteiger partial charge in [0.05, 0.1) is 26.4 Å². The summed E-state index contributed by atoms with van der Waals surface area (Å²) < 4.78 is 34.2. The Morgan fingerprint density at radius 2 is 0.942 bits per heavy atom. The minimum Gasteiger partial charge on any atom is -0.457 e. The van der Waals surface area contributed by atoms with Crippen molar-refractivity contribution < 1.29 is 69.0 Å². The van der Waals surface area contributed by atoms with Gasteiger partial charge in [-0.25, -0.2) is 0 Å². The molecule has 14 nitrogen and oxygen atoms in total. The molecular weight excluding hydrogens is 885 g/mol. The first-order valence-electron chi connectivity index (χ1n) is 26.9. The molecule has 0 aromatic rings. The molecule has 2 saturated heterocycles. The van der Waals surface area contributed by atoms with Gasteiger partial charge in [0.2, 0.25) is 0 Å². The van der Waals surface area contributed by atoms with Crippen molar-refractivity contribution in [3.8, 4) is 0 Å². The number of carbonyl (C=O) groups is 1. The van der Waals surface area contributed by atoms with Crippen LogP contribution in [0.4, 0.5) is 0 Å². The normalized spacial score (nSPS) is 26.2. The van der Waals surface area contributed by atoms with Crippen molar-refractivity contribution in [3.63, 3.8) is 0 Å². The van der Waals surface area contributed by atoms with Gasteiger partial charge in [0, 0.05) is 13.0 Å². The standard InChI is InChI=1S/C55H96O14/c1-3-5-7-9-11-13-15-17-18-19-20-21-22-23-24-25-27-29-31-33-35-37-39-64-41-44(67-47(57)38-36-34-32-30-28-26-16-14-12-10-8-6-4-2)42-65-54-53(63)51(61)49(59)46(69-54)43-66-55-52(62)50(60)48(58)45(40-56)68-55/h6,8,12,14,19-20,26,28,32,34,44-46,48-56,58-63H,3-5,7,9-11,13,15-18,21-25,27,29-31,33,35-43H2,1-2H3/b8-6-,14-12-,20-19-,28-26-,34-32-. The fraction of sp³-hybridized carbons (Fsp3) is 0.800. The highest BCUT2D eigenvalue weighted by atomic mass is 16.7. The molecule has 2 rings (SSSR count). The summed E-state index contributed by atoms with van der Waals surface area (Å²) in [6, 6.07) is 0. The molecule has 69 heavy (non-hydrogen) atoms. The number of hydrogen-bond acceptors (Lipinski definition) is 14. The van der Waals surface area contributed by atoms with Gasteiger partial charge in [0.1, 0.15) is 54.9 Å². The number of hydrogen-bond donors (Lipinski definition) is 7. The highest BCUT2D eigenvalue weighted by molar-refractivity contribution is 5.69. The third-order valence-electron chi connectivity index (χ3n) is 12.5. The molecule has 0 radical (unpaired) electrons. The van der Waals surface area contributed by atoms with Crippen molar-refractivity contribution in [1.82, 2.24) is 0 Å². The molecule has 14 heteroatoms. The molecule has 0 bridgehead atoms. The van der Waals surface area contributed by atoms with Gasteiger partial charge >= 0.3 is 5.97 Å². The lowest BCUT2D eigenvalue weighted by Crippen LogP contribution is -2.61. The molecule has 0 aliphatic carbocycles. The zero-order valence-corrected chi connectivity index (χ0v) is 42.5. The lowest BCUT2D eigenvalue weighted by molar-refractivity contribution is -0.332. The van der Waals surface area contributed by atoms with Crippen LogP contribution in [0.15, 0.2) is 60.8 Å². The predicted octanol–water partition coefficient (Wildman–Crippen LogP) is 8.52. The van der Waals surface area contributed by atoms with Crippen LogP contribution in [0.2, 0.25) is 0 Å². The summed E-state index contributed by atoms with van der Waals surface area (Å²) >= 11 is 0. The first-order chi connectivity index (χ1) is 33.6. The maximum absolute atomic E-state index is 13.0. The van der Waals surface area contributed by atoms with E-state index < -0.39 is 86.7 Å². The Balaban J connectivity index is 1.74. The molecule has 2 fully saturated rings. The lowest BCUT2D eigenvalue weighted by atomic mass is 9.98. The van der Waals surface area contributed by atoms with E-state index in [0.717, 1.165) is 44.9 Å². The van der Waals surface area contributed by atoms with Crippen molar-refractivity contribution in [1.29, 1.82) is 0 Å². The quantitative estimate of drug-likeness (QED) is 0.0174. The van der Waals surface area contributed by atoms with Gasteiger partial charge in [-0.15, -0.1) is 0 Å². The smallest absolute Gasteiger partial charge is 0.306 e. The number of allylic oxidation sites excluding steroid dienone is 10. The van der Waals surface area contributed by atoms with Crippen LogP contribution in [0, 0.1) is 0 Å². The summed E-state index contributed by atoms with van der Waals surface area (Å²) in [5.74, 6) is -0.456. The molecule has 0 amide bonds. The molecule has 2 heterocycles. The minimum atomic E-state index is -1.72. The van der Waals surface area contributed by atoms with Crippen LogP contribution in [0.3, 0.4) is 0 Å². The fourth-order valence-electron chi connectivity index (χ4n) is 8.18. The third-order valence-corrected chi connectivity index (χ3v) is 12.5. The van der Waals surface area contributed by atoms with E-state index in [1.165, 1.54) is 109 Å². The van der Waals surface area contributed by atoms with Gasteiger partial charge in [-0.3, -0.25) is 4.79 Å². The van der Waals surface area contributed by atoms with Gasteiger partial charge in [-0.1, -0.05) is 171 Å². The average Bonchev–Trinajstić information content (AvgIpc) is 3.35. The Kier molecular flexibility index (Phi) is 38.4. The van der Waals surface area contributed by atoms with Crippen LogP contribution < -0.4 is 0 Å². The Morgan fingerprint density at radius 3 is 1.48 bits per heavy atom. The number of esters is 1.